The molecule has 0 nitrogen and oxygen atoms in total. The predicted octanol–water partition coefficient (Wildman–Crippen LogP) is 5.13. The van der Waals surface area contributed by atoms with Crippen LogP contribution in [0.1, 0.15) is 30.9 Å². The van der Waals surface area contributed by atoms with Gasteiger partial charge in [0.2, 0.25) is 0 Å². The van der Waals surface area contributed by atoms with Gasteiger partial charge in [-0.15, -0.1) is 6.58 Å². The van der Waals surface area contributed by atoms with Crippen LogP contribution < -0.4 is 0 Å². The minimum atomic E-state index is 0.111. The summed E-state index contributed by atoms with van der Waals surface area (Å²) in [4.78, 5) is 0. The lowest BCUT2D eigenvalue weighted by Crippen LogP contribution is -2.30. The van der Waals surface area contributed by atoms with E-state index in [1.165, 1.54) is 35.1 Å². The molecule has 0 bridgehead atoms. The van der Waals surface area contributed by atoms with Gasteiger partial charge in [0.1, 0.15) is 0 Å². The van der Waals surface area contributed by atoms with Crippen LogP contribution in [-0.2, 0) is 11.8 Å². The van der Waals surface area contributed by atoms with Gasteiger partial charge in [0.05, 0.1) is 0 Å². The fourth-order valence-corrected chi connectivity index (χ4v) is 3.48. The molecule has 96 valence electrons. The molecule has 1 aliphatic rings. The van der Waals surface area contributed by atoms with E-state index in [2.05, 4.69) is 68.1 Å². The quantitative estimate of drug-likeness (QED) is 0.660. The van der Waals surface area contributed by atoms with Gasteiger partial charge in [-0.05, 0) is 35.1 Å². The molecule has 2 aromatic rings. The Balaban J connectivity index is 2.27. The lowest BCUT2D eigenvalue weighted by atomic mass is 9.66. The summed E-state index contributed by atoms with van der Waals surface area (Å²) in [6, 6.07) is 17.6. The zero-order chi connectivity index (χ0) is 13.3. The summed E-state index contributed by atoms with van der Waals surface area (Å²) in [5.41, 5.74) is 5.80. The summed E-state index contributed by atoms with van der Waals surface area (Å²) >= 11 is 0. The molecular weight excluding hydrogens is 228 g/mol. The molecule has 0 saturated heterocycles. The SMILES string of the molecule is C=CC1(CCC)Cc2ccccc2-c2ccccc21. The van der Waals surface area contributed by atoms with E-state index in [-0.39, 0.29) is 5.41 Å². The van der Waals surface area contributed by atoms with Crippen molar-refractivity contribution in [1.29, 1.82) is 0 Å². The van der Waals surface area contributed by atoms with E-state index in [0.717, 1.165) is 6.42 Å². The zero-order valence-electron chi connectivity index (χ0n) is 11.5. The molecule has 0 amide bonds. The molecule has 0 saturated carbocycles. The van der Waals surface area contributed by atoms with Crippen molar-refractivity contribution in [1.82, 2.24) is 0 Å². The number of allylic oxidation sites excluding steroid dienone is 1. The standard InChI is InChI=1S/C19H20/c1-3-13-19(4-2)14-15-9-5-6-10-16(15)17-11-7-8-12-18(17)19/h4-12H,2-3,13-14H2,1H3. The van der Waals surface area contributed by atoms with Gasteiger partial charge in [-0.25, -0.2) is 0 Å². The molecule has 0 heteroatoms. The summed E-state index contributed by atoms with van der Waals surface area (Å²) in [5, 5.41) is 0. The van der Waals surface area contributed by atoms with E-state index in [0.29, 0.717) is 0 Å². The van der Waals surface area contributed by atoms with Crippen LogP contribution >= 0.6 is 0 Å². The highest BCUT2D eigenvalue weighted by atomic mass is 14.4. The van der Waals surface area contributed by atoms with Crippen molar-refractivity contribution in [3.63, 3.8) is 0 Å². The number of hydrogen-bond acceptors (Lipinski definition) is 0. The maximum absolute atomic E-state index is 4.15. The van der Waals surface area contributed by atoms with Crippen LogP contribution in [0.4, 0.5) is 0 Å². The Hall–Kier alpha value is -1.82. The third-order valence-electron chi connectivity index (χ3n) is 4.36. The minimum absolute atomic E-state index is 0.111. The van der Waals surface area contributed by atoms with Crippen LogP contribution in [0.5, 0.6) is 0 Å². The van der Waals surface area contributed by atoms with Crippen LogP contribution in [0, 0.1) is 0 Å². The number of hydrogen-bond donors (Lipinski definition) is 0. The number of fused-ring (bicyclic) bond motifs is 3. The molecular formula is C19H20. The van der Waals surface area contributed by atoms with Gasteiger partial charge in [-0.2, -0.15) is 0 Å². The summed E-state index contributed by atoms with van der Waals surface area (Å²) in [7, 11) is 0. The first-order chi connectivity index (χ1) is 9.30. The second kappa shape index (κ2) is 4.70. The van der Waals surface area contributed by atoms with Crippen LogP contribution in [0.2, 0.25) is 0 Å². The minimum Gasteiger partial charge on any atom is -0.102 e. The highest BCUT2D eigenvalue weighted by Crippen LogP contribution is 2.46. The zero-order valence-corrected chi connectivity index (χ0v) is 11.5. The molecule has 2 aromatic carbocycles. The normalized spacial score (nSPS) is 20.5. The van der Waals surface area contributed by atoms with E-state index >= 15 is 0 Å². The van der Waals surface area contributed by atoms with Crippen molar-refractivity contribution in [2.24, 2.45) is 0 Å². The first-order valence-electron chi connectivity index (χ1n) is 7.12. The molecule has 0 radical (unpaired) electrons. The molecule has 1 unspecified atom stereocenters. The third-order valence-corrected chi connectivity index (χ3v) is 4.36. The van der Waals surface area contributed by atoms with E-state index in [1.54, 1.807) is 0 Å². The average Bonchev–Trinajstić information content (AvgIpc) is 2.48. The van der Waals surface area contributed by atoms with Crippen molar-refractivity contribution in [3.8, 4) is 11.1 Å². The van der Waals surface area contributed by atoms with Gasteiger partial charge < -0.3 is 0 Å². The Morgan fingerprint density at radius 1 is 1.05 bits per heavy atom. The monoisotopic (exact) mass is 248 g/mol. The molecule has 19 heavy (non-hydrogen) atoms. The van der Waals surface area contributed by atoms with E-state index < -0.39 is 0 Å². The van der Waals surface area contributed by atoms with Crippen molar-refractivity contribution in [2.45, 2.75) is 31.6 Å². The third kappa shape index (κ3) is 1.83. The summed E-state index contributed by atoms with van der Waals surface area (Å²) < 4.78 is 0. The highest BCUT2D eigenvalue weighted by Gasteiger charge is 2.35. The van der Waals surface area contributed by atoms with Crippen LogP contribution in [0.3, 0.4) is 0 Å². The molecule has 0 spiro atoms. The van der Waals surface area contributed by atoms with Crippen LogP contribution in [0.25, 0.3) is 11.1 Å². The van der Waals surface area contributed by atoms with Crippen molar-refractivity contribution in [2.75, 3.05) is 0 Å². The first-order valence-corrected chi connectivity index (χ1v) is 7.12. The van der Waals surface area contributed by atoms with E-state index in [9.17, 15) is 0 Å². The van der Waals surface area contributed by atoms with Gasteiger partial charge in [0, 0.05) is 5.41 Å². The second-order valence-electron chi connectivity index (χ2n) is 5.49. The van der Waals surface area contributed by atoms with Crippen LogP contribution in [0.15, 0.2) is 61.2 Å². The van der Waals surface area contributed by atoms with Gasteiger partial charge >= 0.3 is 0 Å². The molecule has 0 fully saturated rings. The second-order valence-corrected chi connectivity index (χ2v) is 5.49. The van der Waals surface area contributed by atoms with E-state index in [1.807, 2.05) is 0 Å². The van der Waals surface area contributed by atoms with Crippen molar-refractivity contribution in [3.05, 3.63) is 72.3 Å². The highest BCUT2D eigenvalue weighted by molar-refractivity contribution is 5.75. The Labute approximate surface area is 115 Å². The number of rotatable bonds is 3. The molecule has 1 aliphatic carbocycles. The summed E-state index contributed by atoms with van der Waals surface area (Å²) in [5.74, 6) is 0. The van der Waals surface area contributed by atoms with E-state index in [4.69, 9.17) is 0 Å². The predicted molar refractivity (Wildman–Crippen MR) is 82.4 cm³/mol. The Bertz CT molecular complexity index is 609. The Morgan fingerprint density at radius 3 is 2.47 bits per heavy atom. The largest absolute Gasteiger partial charge is 0.102 e. The average molecular weight is 248 g/mol. The topological polar surface area (TPSA) is 0 Å². The lowest BCUT2D eigenvalue weighted by molar-refractivity contribution is 0.477. The molecule has 0 heterocycles. The maximum Gasteiger partial charge on any atom is 0.0176 e. The van der Waals surface area contributed by atoms with Crippen molar-refractivity contribution >= 4 is 0 Å². The first kappa shape index (κ1) is 12.2. The van der Waals surface area contributed by atoms with Crippen molar-refractivity contribution < 1.29 is 0 Å². The Kier molecular flexibility index (Phi) is 3.02. The molecule has 1 atom stereocenters. The summed E-state index contributed by atoms with van der Waals surface area (Å²) in [6.07, 6.45) is 5.60. The molecule has 0 aromatic heterocycles. The smallest absolute Gasteiger partial charge is 0.0176 e. The maximum atomic E-state index is 4.15. The fraction of sp³-hybridized carbons (Fsp3) is 0.263. The van der Waals surface area contributed by atoms with Gasteiger partial charge in [-0.1, -0.05) is 68.0 Å². The molecule has 0 aliphatic heterocycles. The van der Waals surface area contributed by atoms with Gasteiger partial charge in [-0.3, -0.25) is 0 Å². The van der Waals surface area contributed by atoms with Gasteiger partial charge in [0.25, 0.3) is 0 Å². The summed E-state index contributed by atoms with van der Waals surface area (Å²) in [6.45, 7) is 6.41. The van der Waals surface area contributed by atoms with Gasteiger partial charge in [0.15, 0.2) is 0 Å². The van der Waals surface area contributed by atoms with Crippen LogP contribution in [-0.4, -0.2) is 0 Å². The number of benzene rings is 2. The molecule has 0 N–H and O–H groups in total. The fourth-order valence-electron chi connectivity index (χ4n) is 3.48. The lowest BCUT2D eigenvalue weighted by Gasteiger charge is -2.38. The molecule has 3 rings (SSSR count). The Morgan fingerprint density at radius 2 is 1.74 bits per heavy atom.